The fourth-order valence-electron chi connectivity index (χ4n) is 3.68. The molecule has 0 saturated carbocycles. The number of hydrogen-bond acceptors (Lipinski definition) is 5. The quantitative estimate of drug-likeness (QED) is 0.624. The zero-order valence-corrected chi connectivity index (χ0v) is 18.7. The Hall–Kier alpha value is -3.50. The highest BCUT2D eigenvalue weighted by Crippen LogP contribution is 2.33. The summed E-state index contributed by atoms with van der Waals surface area (Å²) in [7, 11) is 0. The van der Waals surface area contributed by atoms with Gasteiger partial charge in [0.15, 0.2) is 5.66 Å². The molecule has 0 radical (unpaired) electrons. The molecule has 1 amide bonds. The molecule has 174 valence electrons. The van der Waals surface area contributed by atoms with E-state index in [-0.39, 0.29) is 28.4 Å². The van der Waals surface area contributed by atoms with Crippen molar-refractivity contribution in [2.75, 3.05) is 0 Å². The minimum absolute atomic E-state index is 0.0999. The number of aromatic amines is 1. The monoisotopic (exact) mass is 460 g/mol. The predicted octanol–water partition coefficient (Wildman–Crippen LogP) is 3.54. The molecule has 1 aromatic carbocycles. The third-order valence-electron chi connectivity index (χ3n) is 6.01. The van der Waals surface area contributed by atoms with Crippen LogP contribution in [0.25, 0.3) is 11.0 Å². The molecule has 0 fully saturated rings. The molecule has 4 rings (SSSR count). The number of amides is 1. The highest BCUT2D eigenvalue weighted by molar-refractivity contribution is 6.47. The number of benzene rings is 1. The van der Waals surface area contributed by atoms with E-state index in [0.29, 0.717) is 16.6 Å². The molecule has 3 aromatic rings. The molecular formula is C22H23F3N6O2. The molecule has 8 nitrogen and oxygen atoms in total. The van der Waals surface area contributed by atoms with Crippen LogP contribution in [0.5, 0.6) is 0 Å². The maximum atomic E-state index is 12.8. The van der Waals surface area contributed by atoms with Crippen LogP contribution in [0.4, 0.5) is 13.2 Å². The zero-order chi connectivity index (χ0) is 24.3. The molecule has 2 atom stereocenters. The predicted molar refractivity (Wildman–Crippen MR) is 116 cm³/mol. The highest BCUT2D eigenvalue weighted by Gasteiger charge is 2.40. The van der Waals surface area contributed by atoms with E-state index in [1.807, 2.05) is 27.7 Å². The van der Waals surface area contributed by atoms with Gasteiger partial charge in [-0.05, 0) is 31.4 Å². The summed E-state index contributed by atoms with van der Waals surface area (Å²) in [6.45, 7) is 9.58. The summed E-state index contributed by atoms with van der Waals surface area (Å²) in [5.74, 6) is -1.77. The Morgan fingerprint density at radius 2 is 1.73 bits per heavy atom. The average molecular weight is 460 g/mol. The number of aliphatic imine (C=N–C) groups is 1. The molecule has 2 N–H and O–H groups in total. The lowest BCUT2D eigenvalue weighted by Gasteiger charge is -2.28. The van der Waals surface area contributed by atoms with Gasteiger partial charge in [-0.15, -0.1) is 0 Å². The second-order valence-electron chi connectivity index (χ2n) is 9.35. The van der Waals surface area contributed by atoms with E-state index < -0.39 is 23.6 Å². The maximum absolute atomic E-state index is 12.8. The Labute approximate surface area is 187 Å². The van der Waals surface area contributed by atoms with Gasteiger partial charge in [-0.1, -0.05) is 26.8 Å². The molecule has 11 heteroatoms. The molecule has 33 heavy (non-hydrogen) atoms. The molecule has 0 bridgehead atoms. The van der Waals surface area contributed by atoms with E-state index in [9.17, 15) is 22.8 Å². The molecule has 2 aromatic heterocycles. The van der Waals surface area contributed by atoms with Gasteiger partial charge in [-0.25, -0.2) is 19.8 Å². The van der Waals surface area contributed by atoms with Crippen LogP contribution >= 0.6 is 0 Å². The number of carbonyl (C=O) groups is 1. The highest BCUT2D eigenvalue weighted by atomic mass is 19.4. The van der Waals surface area contributed by atoms with Gasteiger partial charge in [0.25, 0.3) is 5.91 Å². The Kier molecular flexibility index (Phi) is 4.99. The van der Waals surface area contributed by atoms with Crippen molar-refractivity contribution in [3.8, 4) is 0 Å². The van der Waals surface area contributed by atoms with Gasteiger partial charge in [-0.2, -0.15) is 13.2 Å². The third kappa shape index (κ3) is 3.91. The first kappa shape index (κ1) is 22.7. The minimum Gasteiger partial charge on any atom is -0.323 e. The van der Waals surface area contributed by atoms with Gasteiger partial charge in [0, 0.05) is 29.6 Å². The Morgan fingerprint density at radius 1 is 1.09 bits per heavy atom. The molecule has 0 spiro atoms. The van der Waals surface area contributed by atoms with Gasteiger partial charge >= 0.3 is 11.9 Å². The summed E-state index contributed by atoms with van der Waals surface area (Å²) < 4.78 is 40.0. The van der Waals surface area contributed by atoms with E-state index >= 15 is 0 Å². The van der Waals surface area contributed by atoms with Crippen molar-refractivity contribution in [3.63, 3.8) is 0 Å². The van der Waals surface area contributed by atoms with Crippen molar-refractivity contribution < 1.29 is 18.0 Å². The van der Waals surface area contributed by atoms with Gasteiger partial charge in [0.2, 0.25) is 5.82 Å². The molecule has 3 heterocycles. The Balaban J connectivity index is 1.77. The first-order chi connectivity index (χ1) is 15.2. The SMILES string of the molecule is C[C@@H](n1c(=O)[nH]c2ccc(C3=N[C@@](C)(c4cnc(C(F)(F)F)nc4)NC3=O)cc21)C(C)(C)C. The standard InChI is InChI=1S/C22H23F3N6O2/c1-11(20(2,3)4)31-15-8-12(6-7-14(15)28-19(31)33)16-17(32)30-21(5,29-16)13-9-26-18(27-10-13)22(23,24)25/h6-11H,1-5H3,(H,28,33)(H,30,32)/t11-,21-/m1/s1. The normalized spacial score (nSPS) is 20.1. The van der Waals surface area contributed by atoms with Crippen LogP contribution < -0.4 is 11.0 Å². The van der Waals surface area contributed by atoms with Crippen LogP contribution in [-0.4, -0.2) is 31.1 Å². The molecule has 1 aliphatic rings. The fourth-order valence-corrected chi connectivity index (χ4v) is 3.68. The van der Waals surface area contributed by atoms with E-state index in [4.69, 9.17) is 0 Å². The smallest absolute Gasteiger partial charge is 0.323 e. The van der Waals surface area contributed by atoms with Crippen molar-refractivity contribution in [1.29, 1.82) is 0 Å². The topological polar surface area (TPSA) is 105 Å². The molecule has 1 aliphatic heterocycles. The summed E-state index contributed by atoms with van der Waals surface area (Å²) in [6, 6.07) is 4.94. The van der Waals surface area contributed by atoms with Gasteiger partial charge < -0.3 is 10.3 Å². The Morgan fingerprint density at radius 3 is 2.30 bits per heavy atom. The number of carbonyl (C=O) groups excluding carboxylic acids is 1. The van der Waals surface area contributed by atoms with Crippen molar-refractivity contribution in [2.24, 2.45) is 10.4 Å². The number of imidazole rings is 1. The van der Waals surface area contributed by atoms with Crippen LogP contribution in [0, 0.1) is 5.41 Å². The maximum Gasteiger partial charge on any atom is 0.451 e. The van der Waals surface area contributed by atoms with Gasteiger partial charge in [0.05, 0.1) is 11.0 Å². The second-order valence-corrected chi connectivity index (χ2v) is 9.35. The van der Waals surface area contributed by atoms with Crippen LogP contribution in [0.3, 0.4) is 0 Å². The largest absolute Gasteiger partial charge is 0.451 e. The van der Waals surface area contributed by atoms with Crippen molar-refractivity contribution in [2.45, 2.75) is 52.5 Å². The number of nitrogens with one attached hydrogen (secondary N) is 2. The summed E-state index contributed by atoms with van der Waals surface area (Å²) >= 11 is 0. The van der Waals surface area contributed by atoms with Crippen LogP contribution in [0.2, 0.25) is 0 Å². The van der Waals surface area contributed by atoms with E-state index in [1.165, 1.54) is 0 Å². The van der Waals surface area contributed by atoms with Crippen LogP contribution in [-0.2, 0) is 16.6 Å². The van der Waals surface area contributed by atoms with E-state index in [0.717, 1.165) is 12.4 Å². The first-order valence-electron chi connectivity index (χ1n) is 10.3. The summed E-state index contributed by atoms with van der Waals surface area (Å²) in [5, 5.41) is 2.69. The summed E-state index contributed by atoms with van der Waals surface area (Å²) in [4.78, 5) is 39.4. The number of alkyl halides is 3. The lowest BCUT2D eigenvalue weighted by molar-refractivity contribution is -0.145. The van der Waals surface area contributed by atoms with Crippen molar-refractivity contribution in [1.82, 2.24) is 24.8 Å². The van der Waals surface area contributed by atoms with Crippen molar-refractivity contribution in [3.05, 3.63) is 58.0 Å². The average Bonchev–Trinajstić information content (AvgIpc) is 3.21. The molecular weight excluding hydrogens is 437 g/mol. The van der Waals surface area contributed by atoms with E-state index in [1.54, 1.807) is 29.7 Å². The van der Waals surface area contributed by atoms with Crippen LogP contribution in [0.15, 0.2) is 40.4 Å². The fraction of sp³-hybridized carbons (Fsp3) is 0.409. The number of hydrogen-bond donors (Lipinski definition) is 2. The zero-order valence-electron chi connectivity index (χ0n) is 18.7. The number of H-pyrrole nitrogens is 1. The van der Waals surface area contributed by atoms with Crippen LogP contribution in [0.1, 0.15) is 57.6 Å². The number of aromatic nitrogens is 4. The molecule has 0 saturated heterocycles. The first-order valence-corrected chi connectivity index (χ1v) is 10.3. The third-order valence-corrected chi connectivity index (χ3v) is 6.01. The lowest BCUT2D eigenvalue weighted by Crippen LogP contribution is -2.37. The number of halogens is 3. The lowest BCUT2D eigenvalue weighted by atomic mass is 9.88. The van der Waals surface area contributed by atoms with E-state index in [2.05, 4.69) is 25.3 Å². The number of fused-ring (bicyclic) bond motifs is 1. The van der Waals surface area contributed by atoms with Gasteiger partial charge in [0.1, 0.15) is 5.71 Å². The molecule has 0 unspecified atom stereocenters. The second kappa shape index (κ2) is 7.26. The minimum atomic E-state index is -4.67. The summed E-state index contributed by atoms with van der Waals surface area (Å²) in [6.07, 6.45) is -2.67. The summed E-state index contributed by atoms with van der Waals surface area (Å²) in [5.41, 5.74) is 0.252. The van der Waals surface area contributed by atoms with Crippen molar-refractivity contribution >= 4 is 22.7 Å². The number of nitrogens with zero attached hydrogens (tertiary/aromatic N) is 4. The van der Waals surface area contributed by atoms with Gasteiger partial charge in [-0.3, -0.25) is 9.36 Å². The number of rotatable bonds is 3. The molecule has 0 aliphatic carbocycles. The Bertz CT molecular complexity index is 1330.